The maximum Gasteiger partial charge on any atom is 0.0687 e. The smallest absolute Gasteiger partial charge is 0.0687 e. The van der Waals surface area contributed by atoms with Crippen molar-refractivity contribution >= 4 is 0 Å². The molecular weight excluding hydrogens is 186 g/mol. The third kappa shape index (κ3) is 2.73. The fourth-order valence-electron chi connectivity index (χ4n) is 3.12. The second-order valence-corrected chi connectivity index (χ2v) is 5.42. The molecule has 3 N–H and O–H groups in total. The third-order valence-corrected chi connectivity index (χ3v) is 4.33. The molecule has 0 bridgehead atoms. The lowest BCUT2D eigenvalue weighted by Crippen LogP contribution is -2.50. The van der Waals surface area contributed by atoms with Crippen molar-refractivity contribution in [3.05, 3.63) is 0 Å². The van der Waals surface area contributed by atoms with E-state index in [-0.39, 0.29) is 5.41 Å². The zero-order valence-electron chi connectivity index (χ0n) is 10.4. The van der Waals surface area contributed by atoms with Crippen molar-refractivity contribution in [3.8, 4) is 0 Å². The van der Waals surface area contributed by atoms with E-state index in [1.165, 1.54) is 25.7 Å². The van der Waals surface area contributed by atoms with Gasteiger partial charge in [0.2, 0.25) is 0 Å². The van der Waals surface area contributed by atoms with Gasteiger partial charge in [0.1, 0.15) is 0 Å². The molecule has 2 heteroatoms. The molecule has 0 aromatic heterocycles. The van der Waals surface area contributed by atoms with Gasteiger partial charge in [-0.05, 0) is 26.2 Å². The Balaban J connectivity index is 2.80. The van der Waals surface area contributed by atoms with Crippen LogP contribution >= 0.6 is 0 Å². The minimum absolute atomic E-state index is 0.0144. The summed E-state index contributed by atoms with van der Waals surface area (Å²) in [4.78, 5) is 0. The molecule has 0 saturated heterocycles. The molecular formula is C13H27NO. The Morgan fingerprint density at radius 1 is 1.20 bits per heavy atom. The monoisotopic (exact) mass is 213 g/mol. The van der Waals surface area contributed by atoms with E-state index >= 15 is 0 Å². The van der Waals surface area contributed by atoms with Crippen LogP contribution in [0.1, 0.15) is 65.2 Å². The summed E-state index contributed by atoms with van der Waals surface area (Å²) >= 11 is 0. The quantitative estimate of drug-likeness (QED) is 0.705. The number of rotatable bonds is 4. The van der Waals surface area contributed by atoms with E-state index in [0.717, 1.165) is 25.7 Å². The van der Waals surface area contributed by atoms with Gasteiger partial charge in [-0.15, -0.1) is 0 Å². The SMILES string of the molecule is CCCC(C)(O)C1(CN)CCCCCC1. The molecule has 0 aliphatic heterocycles. The van der Waals surface area contributed by atoms with Crippen LogP contribution in [0.5, 0.6) is 0 Å². The van der Waals surface area contributed by atoms with Crippen LogP contribution in [-0.2, 0) is 0 Å². The molecule has 0 radical (unpaired) electrons. The van der Waals surface area contributed by atoms with Crippen LogP contribution in [0.2, 0.25) is 0 Å². The van der Waals surface area contributed by atoms with Gasteiger partial charge in [-0.1, -0.05) is 39.0 Å². The molecule has 1 unspecified atom stereocenters. The molecule has 15 heavy (non-hydrogen) atoms. The van der Waals surface area contributed by atoms with Crippen molar-refractivity contribution < 1.29 is 5.11 Å². The lowest BCUT2D eigenvalue weighted by atomic mass is 9.66. The highest BCUT2D eigenvalue weighted by Crippen LogP contribution is 2.45. The first-order valence-electron chi connectivity index (χ1n) is 6.50. The minimum atomic E-state index is -0.569. The maximum atomic E-state index is 10.6. The van der Waals surface area contributed by atoms with E-state index in [2.05, 4.69) is 6.92 Å². The van der Waals surface area contributed by atoms with Gasteiger partial charge in [0.15, 0.2) is 0 Å². The summed E-state index contributed by atoms with van der Waals surface area (Å²) in [6.07, 6.45) is 9.22. The highest BCUT2D eigenvalue weighted by atomic mass is 16.3. The highest BCUT2D eigenvalue weighted by Gasteiger charge is 2.44. The van der Waals surface area contributed by atoms with Gasteiger partial charge < -0.3 is 10.8 Å². The van der Waals surface area contributed by atoms with Crippen molar-refractivity contribution in [2.75, 3.05) is 6.54 Å². The molecule has 1 aliphatic rings. The Bertz CT molecular complexity index is 181. The molecule has 1 saturated carbocycles. The molecule has 1 fully saturated rings. The van der Waals surface area contributed by atoms with E-state index in [0.29, 0.717) is 6.54 Å². The van der Waals surface area contributed by atoms with Crippen LogP contribution in [0.15, 0.2) is 0 Å². The Kier molecular flexibility index (Phi) is 4.60. The first kappa shape index (κ1) is 13.0. The van der Waals surface area contributed by atoms with Crippen LogP contribution < -0.4 is 5.73 Å². The standard InChI is InChI=1S/C13H27NO/c1-3-8-12(2,15)13(11-14)9-6-4-5-7-10-13/h15H,3-11,14H2,1-2H3. The third-order valence-electron chi connectivity index (χ3n) is 4.33. The molecule has 0 aromatic rings. The summed E-state index contributed by atoms with van der Waals surface area (Å²) in [5.74, 6) is 0. The van der Waals surface area contributed by atoms with E-state index in [1.807, 2.05) is 6.92 Å². The molecule has 2 nitrogen and oxygen atoms in total. The average molecular weight is 213 g/mol. The van der Waals surface area contributed by atoms with Crippen molar-refractivity contribution in [2.45, 2.75) is 70.8 Å². The number of hydrogen-bond acceptors (Lipinski definition) is 2. The van der Waals surface area contributed by atoms with Crippen molar-refractivity contribution in [1.82, 2.24) is 0 Å². The predicted molar refractivity (Wildman–Crippen MR) is 64.7 cm³/mol. The molecule has 0 amide bonds. The number of nitrogens with two attached hydrogens (primary N) is 1. The van der Waals surface area contributed by atoms with Crippen LogP contribution in [-0.4, -0.2) is 17.3 Å². The number of hydrogen-bond donors (Lipinski definition) is 2. The fourth-order valence-corrected chi connectivity index (χ4v) is 3.12. The Hall–Kier alpha value is -0.0800. The molecule has 0 heterocycles. The van der Waals surface area contributed by atoms with Crippen LogP contribution in [0.3, 0.4) is 0 Å². The van der Waals surface area contributed by atoms with Gasteiger partial charge in [0.05, 0.1) is 5.60 Å². The highest BCUT2D eigenvalue weighted by molar-refractivity contribution is 4.97. The molecule has 1 atom stereocenters. The predicted octanol–water partition coefficient (Wildman–Crippen LogP) is 2.84. The lowest BCUT2D eigenvalue weighted by Gasteiger charge is -2.45. The zero-order chi connectivity index (χ0) is 11.4. The topological polar surface area (TPSA) is 46.2 Å². The van der Waals surface area contributed by atoms with E-state index in [9.17, 15) is 5.11 Å². The summed E-state index contributed by atoms with van der Waals surface area (Å²) < 4.78 is 0. The van der Waals surface area contributed by atoms with E-state index in [1.54, 1.807) is 0 Å². The minimum Gasteiger partial charge on any atom is -0.390 e. The van der Waals surface area contributed by atoms with Crippen molar-refractivity contribution in [3.63, 3.8) is 0 Å². The van der Waals surface area contributed by atoms with Crippen LogP contribution in [0, 0.1) is 5.41 Å². The zero-order valence-corrected chi connectivity index (χ0v) is 10.4. The Morgan fingerprint density at radius 2 is 1.73 bits per heavy atom. The maximum absolute atomic E-state index is 10.6. The molecule has 0 aromatic carbocycles. The first-order valence-corrected chi connectivity index (χ1v) is 6.50. The van der Waals surface area contributed by atoms with Gasteiger partial charge in [0.25, 0.3) is 0 Å². The van der Waals surface area contributed by atoms with Gasteiger partial charge in [-0.3, -0.25) is 0 Å². The summed E-state index contributed by atoms with van der Waals surface area (Å²) in [6.45, 7) is 4.77. The lowest BCUT2D eigenvalue weighted by molar-refractivity contribution is -0.0812. The second kappa shape index (κ2) is 5.31. The van der Waals surface area contributed by atoms with Gasteiger partial charge in [-0.2, -0.15) is 0 Å². The summed E-state index contributed by atoms with van der Waals surface area (Å²) in [5.41, 5.74) is 5.38. The first-order chi connectivity index (χ1) is 7.08. The van der Waals surface area contributed by atoms with Crippen LogP contribution in [0.4, 0.5) is 0 Å². The largest absolute Gasteiger partial charge is 0.390 e. The summed E-state index contributed by atoms with van der Waals surface area (Å²) in [5, 5.41) is 10.6. The van der Waals surface area contributed by atoms with E-state index < -0.39 is 5.60 Å². The fraction of sp³-hybridized carbons (Fsp3) is 1.00. The number of aliphatic hydroxyl groups is 1. The molecule has 0 spiro atoms. The molecule has 1 rings (SSSR count). The normalized spacial score (nSPS) is 25.6. The summed E-state index contributed by atoms with van der Waals surface area (Å²) in [7, 11) is 0. The second-order valence-electron chi connectivity index (χ2n) is 5.42. The van der Waals surface area contributed by atoms with E-state index in [4.69, 9.17) is 5.73 Å². The Labute approximate surface area is 94.2 Å². The molecule has 90 valence electrons. The summed E-state index contributed by atoms with van der Waals surface area (Å²) in [6, 6.07) is 0. The van der Waals surface area contributed by atoms with Gasteiger partial charge >= 0.3 is 0 Å². The van der Waals surface area contributed by atoms with Crippen LogP contribution in [0.25, 0.3) is 0 Å². The van der Waals surface area contributed by atoms with Gasteiger partial charge in [-0.25, -0.2) is 0 Å². The van der Waals surface area contributed by atoms with Crippen molar-refractivity contribution in [2.24, 2.45) is 11.1 Å². The molecule has 1 aliphatic carbocycles. The van der Waals surface area contributed by atoms with Gasteiger partial charge in [0, 0.05) is 12.0 Å². The van der Waals surface area contributed by atoms with Crippen molar-refractivity contribution in [1.29, 1.82) is 0 Å². The average Bonchev–Trinajstić information content (AvgIpc) is 2.43. The Morgan fingerprint density at radius 3 is 2.13 bits per heavy atom.